The Bertz CT molecular complexity index is 2360. The molecular formula is C60H103N13. The van der Waals surface area contributed by atoms with Gasteiger partial charge in [-0.3, -0.25) is 0 Å². The highest BCUT2D eigenvalue weighted by Crippen LogP contribution is 2.23. The minimum atomic E-state index is 0. The summed E-state index contributed by atoms with van der Waals surface area (Å²) in [6.45, 7) is 60.7. The van der Waals surface area contributed by atoms with E-state index in [4.69, 9.17) is 0 Å². The first-order valence-corrected chi connectivity index (χ1v) is 25.3. The lowest BCUT2D eigenvalue weighted by Gasteiger charge is -2.21. The Morgan fingerprint density at radius 1 is 0.315 bits per heavy atom. The summed E-state index contributed by atoms with van der Waals surface area (Å²) >= 11 is 0. The van der Waals surface area contributed by atoms with Crippen molar-refractivity contribution >= 4 is 44.5 Å². The second-order valence-corrected chi connectivity index (χ2v) is 28.4. The Hall–Kier alpha value is -5.59. The molecule has 0 spiro atoms. The first-order valence-electron chi connectivity index (χ1n) is 25.3. The molecule has 73 heavy (non-hydrogen) atoms. The first-order chi connectivity index (χ1) is 32.4. The quantitative estimate of drug-likeness (QED) is 0.145. The van der Waals surface area contributed by atoms with Gasteiger partial charge in [-0.1, -0.05) is 130 Å². The van der Waals surface area contributed by atoms with E-state index in [1.165, 1.54) is 11.8 Å². The molecule has 0 saturated heterocycles. The number of para-hydroxylation sites is 2. The Labute approximate surface area is 444 Å². The van der Waals surface area contributed by atoms with Crippen LogP contribution in [0.5, 0.6) is 0 Å². The number of pyridine rings is 1. The molecule has 0 unspecified atom stereocenters. The number of hydrogen-bond acceptors (Lipinski definition) is 9. The number of benzene rings is 1. The van der Waals surface area contributed by atoms with Crippen molar-refractivity contribution in [3.8, 4) is 0 Å². The second kappa shape index (κ2) is 27.1. The highest BCUT2D eigenvalue weighted by atomic mass is 15.2. The van der Waals surface area contributed by atoms with E-state index >= 15 is 0 Å². The molecule has 1 aromatic carbocycles. The minimum Gasteiger partial charge on any atom is -0.325 e. The molecule has 0 N–H and O–H groups in total. The van der Waals surface area contributed by atoms with Crippen LogP contribution in [0.25, 0.3) is 44.5 Å². The average Bonchev–Trinajstić information content (AvgIpc) is 3.99. The van der Waals surface area contributed by atoms with Crippen LogP contribution in [-0.4, -0.2) is 63.1 Å². The molecule has 0 radical (unpaired) electrons. The predicted octanol–water partition coefficient (Wildman–Crippen LogP) is 17.0. The molecule has 7 heterocycles. The van der Waals surface area contributed by atoms with Gasteiger partial charge in [0.2, 0.25) is 0 Å². The maximum Gasteiger partial charge on any atom is 0.180 e. The van der Waals surface area contributed by atoms with Crippen molar-refractivity contribution in [2.75, 3.05) is 0 Å². The number of fused-ring (bicyclic) bond motifs is 4. The highest BCUT2D eigenvalue weighted by molar-refractivity contribution is 5.75. The van der Waals surface area contributed by atoms with Crippen LogP contribution >= 0.6 is 0 Å². The molecule has 13 heteroatoms. The van der Waals surface area contributed by atoms with Crippen molar-refractivity contribution in [1.82, 2.24) is 63.1 Å². The van der Waals surface area contributed by atoms with Crippen molar-refractivity contribution in [3.63, 3.8) is 0 Å². The first kappa shape index (κ1) is 67.4. The summed E-state index contributed by atoms with van der Waals surface area (Å²) in [4.78, 5) is 37.4. The molecule has 0 aliphatic rings. The normalized spacial score (nSPS) is 12.0. The lowest BCUT2D eigenvalue weighted by atomic mass is 10.0. The lowest BCUT2D eigenvalue weighted by molar-refractivity contribution is 0.406. The van der Waals surface area contributed by atoms with E-state index in [-0.39, 0.29) is 29.6 Å². The van der Waals surface area contributed by atoms with E-state index < -0.39 is 0 Å². The van der Waals surface area contributed by atoms with Gasteiger partial charge in [0.15, 0.2) is 16.9 Å². The summed E-state index contributed by atoms with van der Waals surface area (Å²) in [7, 11) is 0. The van der Waals surface area contributed by atoms with Gasteiger partial charge in [0.1, 0.15) is 23.7 Å². The van der Waals surface area contributed by atoms with Crippen molar-refractivity contribution in [2.24, 2.45) is 21.7 Å². The Balaban J connectivity index is 0.000000841. The summed E-state index contributed by atoms with van der Waals surface area (Å²) < 4.78 is 8.45. The predicted molar refractivity (Wildman–Crippen MR) is 315 cm³/mol. The molecule has 8 aromatic rings. The van der Waals surface area contributed by atoms with Crippen molar-refractivity contribution in [2.45, 2.75) is 223 Å². The van der Waals surface area contributed by atoms with Gasteiger partial charge >= 0.3 is 0 Å². The average molecular weight is 1010 g/mol. The Kier molecular flexibility index (Phi) is 25.0. The minimum absolute atomic E-state index is 0. The number of rotatable bonds is 0. The summed E-state index contributed by atoms with van der Waals surface area (Å²) in [5.74, 6) is 0. The van der Waals surface area contributed by atoms with Crippen LogP contribution in [0.2, 0.25) is 0 Å². The maximum absolute atomic E-state index is 4.35. The summed E-state index contributed by atoms with van der Waals surface area (Å²) in [6.07, 6.45) is 15.7. The summed E-state index contributed by atoms with van der Waals surface area (Å²) in [5, 5.41) is 0. The van der Waals surface area contributed by atoms with E-state index in [9.17, 15) is 0 Å². The van der Waals surface area contributed by atoms with Gasteiger partial charge in [0.05, 0.1) is 54.3 Å². The van der Waals surface area contributed by atoms with Gasteiger partial charge in [-0.05, 0) is 129 Å². The third-order valence-corrected chi connectivity index (χ3v) is 8.11. The molecule has 8 rings (SSSR count). The van der Waals surface area contributed by atoms with Gasteiger partial charge in [-0.25, -0.2) is 44.9 Å². The number of nitrogens with zero attached hydrogens (tertiary/aromatic N) is 13. The molecule has 408 valence electrons. The zero-order valence-electron chi connectivity index (χ0n) is 50.5. The van der Waals surface area contributed by atoms with Gasteiger partial charge in [-0.2, -0.15) is 0 Å². The van der Waals surface area contributed by atoms with Gasteiger partial charge in [0.25, 0.3) is 0 Å². The second-order valence-electron chi connectivity index (χ2n) is 28.4. The van der Waals surface area contributed by atoms with Gasteiger partial charge in [-0.15, -0.1) is 0 Å². The molecule has 0 amide bonds. The van der Waals surface area contributed by atoms with Crippen LogP contribution < -0.4 is 0 Å². The molecule has 0 aliphatic carbocycles. The van der Waals surface area contributed by atoms with Gasteiger partial charge < -0.3 is 18.3 Å². The fraction of sp³-hybridized carbons (Fsp3) is 0.617. The molecule has 13 nitrogen and oxygen atoms in total. The van der Waals surface area contributed by atoms with Crippen LogP contribution in [0.15, 0.2) is 93.0 Å². The molecule has 0 atom stereocenters. The van der Waals surface area contributed by atoms with Crippen LogP contribution in [0.3, 0.4) is 0 Å². The highest BCUT2D eigenvalue weighted by Gasteiger charge is 2.19. The molecular weight excluding hydrogens is 903 g/mol. The topological polar surface area (TPSA) is 136 Å². The number of hydrogen-bond donors (Lipinski definition) is 0. The molecule has 0 bridgehead atoms. The van der Waals surface area contributed by atoms with E-state index in [2.05, 4.69) is 258 Å². The fourth-order valence-electron chi connectivity index (χ4n) is 5.43. The maximum atomic E-state index is 4.35. The molecule has 7 aromatic heterocycles. The summed E-state index contributed by atoms with van der Waals surface area (Å²) in [6, 6.07) is 12.2. The van der Waals surface area contributed by atoms with Gasteiger partial charge in [0, 0.05) is 28.4 Å². The largest absolute Gasteiger partial charge is 0.325 e. The third kappa shape index (κ3) is 28.4. The third-order valence-electron chi connectivity index (χ3n) is 8.11. The van der Waals surface area contributed by atoms with E-state index in [0.29, 0.717) is 21.7 Å². The van der Waals surface area contributed by atoms with Crippen molar-refractivity contribution < 1.29 is 0 Å². The smallest absolute Gasteiger partial charge is 0.180 e. The zero-order chi connectivity index (χ0) is 55.9. The fourth-order valence-corrected chi connectivity index (χ4v) is 5.43. The SMILES string of the molecule is C.CC(C)(C)C.CC(C)(C)C.CC(C)(C)C.CC(C)(C)C.CC(C)(C)n1cnc2ccccc21.CC(C)(C)n1cnc2cncnc21.CC(C)(C)n1cnc2ncccc21.CC(C)(C)n1cnc2ncncc21. The van der Waals surface area contributed by atoms with Crippen LogP contribution in [0.1, 0.15) is 201 Å². The van der Waals surface area contributed by atoms with Crippen LogP contribution in [0.4, 0.5) is 0 Å². The monoisotopic (exact) mass is 1010 g/mol. The van der Waals surface area contributed by atoms with Crippen molar-refractivity contribution in [3.05, 3.63) is 93.0 Å². The lowest BCUT2D eigenvalue weighted by Crippen LogP contribution is -2.20. The summed E-state index contributed by atoms with van der Waals surface area (Å²) in [5.41, 5.74) is 9.87. The molecule has 0 aliphatic heterocycles. The molecule has 0 saturated carbocycles. The van der Waals surface area contributed by atoms with Crippen LogP contribution in [0, 0.1) is 21.7 Å². The van der Waals surface area contributed by atoms with E-state index in [1.54, 1.807) is 37.6 Å². The van der Waals surface area contributed by atoms with Crippen molar-refractivity contribution in [1.29, 1.82) is 0 Å². The standard InChI is InChI=1S/C11H14N2.C10H13N3.2C9H12N4.4C5H12.CH4/c1-11(2,3)13-8-12-9-6-4-5-7-10(9)13;1-10(2,3)13-7-12-9-8(13)5-4-6-11-9;1-9(2,3)13-6-12-8-7(13)4-10-5-11-8;1-9(2,3)13-6-12-7-4-10-5-11-8(7)13;4*1-5(2,3)4;/h4-8H,1-3H3;4-7H,1-3H3;2*4-6H,1-3H3;4*1-4H3;1H4. The molecule has 0 fully saturated rings. The van der Waals surface area contributed by atoms with E-state index in [1.807, 2.05) is 47.6 Å². The number of imidazole rings is 4. The Morgan fingerprint density at radius 3 is 1.12 bits per heavy atom. The van der Waals surface area contributed by atoms with Crippen LogP contribution in [-0.2, 0) is 22.2 Å². The van der Waals surface area contributed by atoms with E-state index in [0.717, 1.165) is 39.0 Å². The Morgan fingerprint density at radius 2 is 0.658 bits per heavy atom. The zero-order valence-corrected chi connectivity index (χ0v) is 50.5. The number of aromatic nitrogens is 13.